The van der Waals surface area contributed by atoms with Crippen molar-refractivity contribution in [2.75, 3.05) is 0 Å². The normalized spacial score (nSPS) is 10.4. The van der Waals surface area contributed by atoms with Crippen LogP contribution in [0.1, 0.15) is 5.82 Å². The van der Waals surface area contributed by atoms with Crippen molar-refractivity contribution in [3.63, 3.8) is 0 Å². The van der Waals surface area contributed by atoms with Gasteiger partial charge < -0.3 is 0 Å². The van der Waals surface area contributed by atoms with E-state index in [2.05, 4.69) is 26.3 Å². The number of nitrogens with zero attached hydrogens (tertiary/aromatic N) is 2. The van der Waals surface area contributed by atoms with E-state index in [1.807, 2.05) is 31.2 Å². The number of para-hydroxylation sites is 1. The van der Waals surface area contributed by atoms with Crippen molar-refractivity contribution < 1.29 is 0 Å². The van der Waals surface area contributed by atoms with E-state index >= 15 is 0 Å². The molecule has 0 unspecified atom stereocenters. The Balaban J connectivity index is 2.89. The standard InChI is InChI=1S/C9H7N2.Al/c1-7-10-6-8-4-2-3-5-9(8)11-7;/h2-5H,1H3;. The maximum Gasteiger partial charge on any atom is 0.211 e. The minimum atomic E-state index is 0.818. The van der Waals surface area contributed by atoms with Gasteiger partial charge >= 0.3 is 0 Å². The maximum atomic E-state index is 4.31. The zero-order chi connectivity index (χ0) is 8.55. The quantitative estimate of drug-likeness (QED) is 0.545. The molecule has 2 aromatic rings. The molecule has 1 aromatic heterocycles. The molecule has 2 rings (SSSR count). The Bertz CT molecular complexity index is 426. The van der Waals surface area contributed by atoms with Gasteiger partial charge in [0.2, 0.25) is 16.3 Å². The van der Waals surface area contributed by atoms with Crippen LogP contribution < -0.4 is 4.56 Å². The van der Waals surface area contributed by atoms with Gasteiger partial charge in [0, 0.05) is 5.39 Å². The highest BCUT2D eigenvalue weighted by molar-refractivity contribution is 6.36. The first kappa shape index (κ1) is 7.73. The Morgan fingerprint density at radius 2 is 1.92 bits per heavy atom. The highest BCUT2D eigenvalue weighted by atomic mass is 27.0. The zero-order valence-corrected chi connectivity index (χ0v) is 7.94. The number of rotatable bonds is 0. The first-order valence-electron chi connectivity index (χ1n) is 3.76. The number of benzene rings is 1. The van der Waals surface area contributed by atoms with Crippen LogP contribution in [-0.2, 0) is 0 Å². The second kappa shape index (κ2) is 2.86. The van der Waals surface area contributed by atoms with E-state index in [0.717, 1.165) is 21.3 Å². The van der Waals surface area contributed by atoms with E-state index < -0.39 is 0 Å². The summed E-state index contributed by atoms with van der Waals surface area (Å²) < 4.78 is 0.970. The lowest BCUT2D eigenvalue weighted by Gasteiger charge is -2.02. The molecule has 0 saturated carbocycles. The average molecular weight is 170 g/mol. The predicted molar refractivity (Wildman–Crippen MR) is 49.7 cm³/mol. The molecular formula is C9H7AlN2. The predicted octanol–water partition coefficient (Wildman–Crippen LogP) is 0.732. The average Bonchev–Trinajstić information content (AvgIpc) is 2.04. The third-order valence-electron chi connectivity index (χ3n) is 1.74. The Morgan fingerprint density at radius 3 is 2.75 bits per heavy atom. The molecule has 0 spiro atoms. The van der Waals surface area contributed by atoms with Gasteiger partial charge in [-0.2, -0.15) is 0 Å². The smallest absolute Gasteiger partial charge is 0.211 e. The summed E-state index contributed by atoms with van der Waals surface area (Å²) in [5, 5.41) is 1.10. The SMILES string of the molecule is Cc1n[c]([Al])c2ccccc2n1. The topological polar surface area (TPSA) is 25.8 Å². The van der Waals surface area contributed by atoms with Gasteiger partial charge in [0.15, 0.2) is 0 Å². The molecule has 1 heterocycles. The fourth-order valence-corrected chi connectivity index (χ4v) is 1.65. The number of fused-ring (bicyclic) bond motifs is 1. The molecular weight excluding hydrogens is 163 g/mol. The number of hydrogen-bond donors (Lipinski definition) is 0. The molecule has 3 heteroatoms. The Kier molecular flexibility index (Phi) is 1.84. The van der Waals surface area contributed by atoms with E-state index in [9.17, 15) is 0 Å². The van der Waals surface area contributed by atoms with Crippen molar-refractivity contribution in [1.29, 1.82) is 0 Å². The summed E-state index contributed by atoms with van der Waals surface area (Å²) in [5.41, 5.74) is 1.01. The largest absolute Gasteiger partial charge is 0.259 e. The number of aromatic nitrogens is 2. The van der Waals surface area contributed by atoms with E-state index in [-0.39, 0.29) is 0 Å². The van der Waals surface area contributed by atoms with Crippen LogP contribution in [0.2, 0.25) is 0 Å². The van der Waals surface area contributed by atoms with Crippen LogP contribution >= 0.6 is 0 Å². The number of hydrogen-bond acceptors (Lipinski definition) is 2. The van der Waals surface area contributed by atoms with Gasteiger partial charge in [-0.15, -0.1) is 0 Å². The lowest BCUT2D eigenvalue weighted by Crippen LogP contribution is -2.12. The third-order valence-corrected chi connectivity index (χ3v) is 2.18. The molecule has 0 saturated heterocycles. The molecule has 0 aliphatic heterocycles. The lowest BCUT2D eigenvalue weighted by molar-refractivity contribution is 1.11. The van der Waals surface area contributed by atoms with Crippen molar-refractivity contribution >= 4 is 31.7 Å². The molecule has 12 heavy (non-hydrogen) atoms. The van der Waals surface area contributed by atoms with Gasteiger partial charge in [-0.1, -0.05) is 18.2 Å². The summed E-state index contributed by atoms with van der Waals surface area (Å²) in [4.78, 5) is 8.57. The van der Waals surface area contributed by atoms with Gasteiger partial charge in [-0.05, 0) is 17.5 Å². The minimum Gasteiger partial charge on any atom is -0.259 e. The molecule has 0 N–H and O–H groups in total. The van der Waals surface area contributed by atoms with Gasteiger partial charge in [-0.3, -0.25) is 4.98 Å². The van der Waals surface area contributed by atoms with Crippen molar-refractivity contribution in [2.45, 2.75) is 6.92 Å². The molecule has 2 nitrogen and oxygen atoms in total. The molecule has 2 radical (unpaired) electrons. The summed E-state index contributed by atoms with van der Waals surface area (Å²) in [6.45, 7) is 1.90. The molecule has 0 bridgehead atoms. The third kappa shape index (κ3) is 1.22. The van der Waals surface area contributed by atoms with E-state index in [0.29, 0.717) is 0 Å². The van der Waals surface area contributed by atoms with Gasteiger partial charge in [0.25, 0.3) is 0 Å². The lowest BCUT2D eigenvalue weighted by atomic mass is 10.2. The Morgan fingerprint density at radius 1 is 1.17 bits per heavy atom. The van der Waals surface area contributed by atoms with Crippen molar-refractivity contribution in [3.05, 3.63) is 30.1 Å². The second-order valence-corrected chi connectivity index (χ2v) is 3.22. The van der Waals surface area contributed by atoms with Gasteiger partial charge in [0.05, 0.1) is 5.52 Å². The highest BCUT2D eigenvalue weighted by Crippen LogP contribution is 2.06. The van der Waals surface area contributed by atoms with E-state index in [1.165, 1.54) is 0 Å². The van der Waals surface area contributed by atoms with E-state index in [4.69, 9.17) is 0 Å². The van der Waals surface area contributed by atoms with Crippen LogP contribution in [0.5, 0.6) is 0 Å². The van der Waals surface area contributed by atoms with Crippen LogP contribution in [0.25, 0.3) is 10.9 Å². The van der Waals surface area contributed by atoms with Crippen LogP contribution in [0.15, 0.2) is 24.3 Å². The van der Waals surface area contributed by atoms with Gasteiger partial charge in [-0.25, -0.2) is 4.98 Å². The highest BCUT2D eigenvalue weighted by Gasteiger charge is 1.97. The molecule has 0 aliphatic rings. The molecule has 0 atom stereocenters. The number of aryl methyl sites for hydroxylation is 1. The van der Waals surface area contributed by atoms with Crippen molar-refractivity contribution in [2.24, 2.45) is 0 Å². The minimum absolute atomic E-state index is 0.818. The fourth-order valence-electron chi connectivity index (χ4n) is 1.22. The maximum absolute atomic E-state index is 4.31. The van der Waals surface area contributed by atoms with Gasteiger partial charge in [0.1, 0.15) is 5.82 Å². The summed E-state index contributed by atoms with van der Waals surface area (Å²) in [5.74, 6) is 0.818. The van der Waals surface area contributed by atoms with Crippen LogP contribution in [0.3, 0.4) is 0 Å². The van der Waals surface area contributed by atoms with E-state index in [1.54, 1.807) is 0 Å². The van der Waals surface area contributed by atoms with Crippen LogP contribution in [0.4, 0.5) is 0 Å². The zero-order valence-electron chi connectivity index (χ0n) is 6.78. The fraction of sp³-hybridized carbons (Fsp3) is 0.111. The molecule has 0 fully saturated rings. The first-order chi connectivity index (χ1) is 5.77. The second-order valence-electron chi connectivity index (χ2n) is 2.67. The van der Waals surface area contributed by atoms with Crippen LogP contribution in [-0.4, -0.2) is 26.3 Å². The summed E-state index contributed by atoms with van der Waals surface area (Å²) >= 11 is 2.63. The van der Waals surface area contributed by atoms with Crippen molar-refractivity contribution in [1.82, 2.24) is 9.97 Å². The molecule has 0 amide bonds. The van der Waals surface area contributed by atoms with Crippen LogP contribution in [0, 0.1) is 6.92 Å². The molecule has 1 aromatic carbocycles. The monoisotopic (exact) mass is 170 g/mol. The van der Waals surface area contributed by atoms with Crippen molar-refractivity contribution in [3.8, 4) is 0 Å². The summed E-state index contributed by atoms with van der Waals surface area (Å²) in [6.07, 6.45) is 0. The molecule has 0 aliphatic carbocycles. The summed E-state index contributed by atoms with van der Waals surface area (Å²) in [7, 11) is 0. The summed E-state index contributed by atoms with van der Waals surface area (Å²) in [6, 6.07) is 8.00. The Hall–Kier alpha value is -0.908. The molecule has 56 valence electrons. The Labute approximate surface area is 79.1 Å². The first-order valence-corrected chi connectivity index (χ1v) is 4.34.